The Morgan fingerprint density at radius 3 is 2.00 bits per heavy atom. The molecule has 0 aromatic heterocycles. The molecule has 0 aliphatic carbocycles. The fraction of sp³-hybridized carbons (Fsp3) is 1.00. The van der Waals surface area contributed by atoms with Gasteiger partial charge in [-0.1, -0.05) is 26.7 Å². The number of hydrogen-bond donors (Lipinski definition) is 0. The number of alkyl halides is 1. The van der Waals surface area contributed by atoms with Gasteiger partial charge in [0.2, 0.25) is 0 Å². The summed E-state index contributed by atoms with van der Waals surface area (Å²) in [4.78, 5) is 2.48. The quantitative estimate of drug-likeness (QED) is 0.642. The van der Waals surface area contributed by atoms with Gasteiger partial charge in [-0.3, -0.25) is 0 Å². The molecule has 1 nitrogen and oxygen atoms in total. The number of nitrogens with zero attached hydrogens (tertiary/aromatic N) is 1. The topological polar surface area (TPSA) is 3.24 Å². The zero-order valence-electron chi connectivity index (χ0n) is 9.39. The van der Waals surface area contributed by atoms with Crippen LogP contribution in [0.5, 0.6) is 0 Å². The van der Waals surface area contributed by atoms with Gasteiger partial charge in [-0.05, 0) is 18.3 Å². The summed E-state index contributed by atoms with van der Waals surface area (Å²) in [6.07, 6.45) is 5.46. The van der Waals surface area contributed by atoms with E-state index in [1.807, 2.05) is 0 Å². The lowest BCUT2D eigenvalue weighted by Gasteiger charge is -2.50. The normalized spacial score (nSPS) is 19.9. The van der Waals surface area contributed by atoms with Crippen molar-refractivity contribution in [1.82, 2.24) is 4.90 Å². The first-order chi connectivity index (χ1) is 6.26. The lowest BCUT2D eigenvalue weighted by Crippen LogP contribution is -2.56. The number of hydrogen-bond acceptors (Lipinski definition) is 1. The highest BCUT2D eigenvalue weighted by molar-refractivity contribution is 6.18. The average molecular weight is 240 g/mol. The van der Waals surface area contributed by atoms with E-state index in [0.29, 0.717) is 5.41 Å². The van der Waals surface area contributed by atoms with Crippen LogP contribution < -0.4 is 0 Å². The summed E-state index contributed by atoms with van der Waals surface area (Å²) in [5.74, 6) is 0.786. The molecule has 0 saturated carbocycles. The van der Waals surface area contributed by atoms with Crippen LogP contribution in [-0.4, -0.2) is 30.4 Å². The van der Waals surface area contributed by atoms with Gasteiger partial charge >= 0.3 is 0 Å². The van der Waals surface area contributed by atoms with Crippen molar-refractivity contribution < 1.29 is 0 Å². The second-order valence-corrected chi connectivity index (χ2v) is 4.78. The van der Waals surface area contributed by atoms with Crippen molar-refractivity contribution >= 4 is 24.0 Å². The molecule has 0 atom stereocenters. The summed E-state index contributed by atoms with van der Waals surface area (Å²) in [6, 6.07) is 0. The predicted octanol–water partition coefficient (Wildman–Crippen LogP) is 3.55. The molecule has 1 aliphatic rings. The maximum Gasteiger partial charge on any atom is 0.0351 e. The Morgan fingerprint density at radius 2 is 1.64 bits per heavy atom. The Balaban J connectivity index is 0.00000169. The van der Waals surface area contributed by atoms with Gasteiger partial charge in [-0.15, -0.1) is 24.0 Å². The van der Waals surface area contributed by atoms with Gasteiger partial charge in [-0.2, -0.15) is 0 Å². The van der Waals surface area contributed by atoms with E-state index in [9.17, 15) is 0 Å². The highest BCUT2D eigenvalue weighted by Crippen LogP contribution is 2.39. The van der Waals surface area contributed by atoms with Gasteiger partial charge in [0.25, 0.3) is 0 Å². The molecule has 0 N–H and O–H groups in total. The first kappa shape index (κ1) is 14.5. The van der Waals surface area contributed by atoms with Gasteiger partial charge in [0.15, 0.2) is 0 Å². The summed E-state index contributed by atoms with van der Waals surface area (Å²) in [5, 5.41) is 0. The smallest absolute Gasteiger partial charge is 0.0351 e. The van der Waals surface area contributed by atoms with Crippen molar-refractivity contribution in [2.75, 3.05) is 25.5 Å². The van der Waals surface area contributed by atoms with Crippen molar-refractivity contribution in [1.29, 1.82) is 0 Å². The molecule has 14 heavy (non-hydrogen) atoms. The summed E-state index contributed by atoms with van der Waals surface area (Å²) in [7, 11) is 0. The van der Waals surface area contributed by atoms with Crippen LogP contribution in [0.2, 0.25) is 0 Å². The van der Waals surface area contributed by atoms with Crippen LogP contribution in [0.15, 0.2) is 0 Å². The summed E-state index contributed by atoms with van der Waals surface area (Å²) in [5.41, 5.74) is 0.662. The third-order valence-corrected chi connectivity index (χ3v) is 3.25. The van der Waals surface area contributed by atoms with Crippen LogP contribution in [0.25, 0.3) is 0 Å². The summed E-state index contributed by atoms with van der Waals surface area (Å²) >= 11 is 5.71. The zero-order valence-corrected chi connectivity index (χ0v) is 11.0. The molecule has 1 aliphatic heterocycles. The minimum atomic E-state index is 0. The van der Waals surface area contributed by atoms with E-state index in [-0.39, 0.29) is 12.4 Å². The maximum atomic E-state index is 5.71. The minimum Gasteiger partial charge on any atom is -0.301 e. The van der Waals surface area contributed by atoms with Gasteiger partial charge in [0, 0.05) is 25.5 Å². The molecule has 1 heterocycles. The van der Waals surface area contributed by atoms with E-state index in [1.54, 1.807) is 0 Å². The van der Waals surface area contributed by atoms with Crippen molar-refractivity contribution in [3.8, 4) is 0 Å². The Labute approximate surface area is 99.6 Å². The zero-order chi connectivity index (χ0) is 9.73. The Kier molecular flexibility index (Phi) is 7.19. The molecule has 0 unspecified atom stereocenters. The SMILES string of the molecule is CCCC1(CCC)CN(CCCl)C1.Cl. The fourth-order valence-electron chi connectivity index (χ4n) is 2.68. The van der Waals surface area contributed by atoms with Crippen LogP contribution in [0.4, 0.5) is 0 Å². The number of likely N-dealkylation sites (tertiary alicyclic amines) is 1. The average Bonchev–Trinajstić information content (AvgIpc) is 2.03. The second-order valence-electron chi connectivity index (χ2n) is 4.40. The molecule has 0 bridgehead atoms. The third-order valence-electron chi connectivity index (χ3n) is 3.08. The number of rotatable bonds is 6. The van der Waals surface area contributed by atoms with Crippen molar-refractivity contribution in [2.45, 2.75) is 39.5 Å². The summed E-state index contributed by atoms with van der Waals surface area (Å²) < 4.78 is 0. The molecular formula is C11H23Cl2N. The highest BCUT2D eigenvalue weighted by atomic mass is 35.5. The standard InChI is InChI=1S/C11H22ClN.ClH/c1-3-5-11(6-4-2)9-13(10-11)8-7-12;/h3-10H2,1-2H3;1H. The Bertz CT molecular complexity index is 136. The monoisotopic (exact) mass is 239 g/mol. The first-order valence-corrected chi connectivity index (χ1v) is 6.08. The maximum absolute atomic E-state index is 5.71. The molecule has 3 heteroatoms. The summed E-state index contributed by atoms with van der Waals surface area (Å²) in [6.45, 7) is 8.25. The molecule has 1 fully saturated rings. The first-order valence-electron chi connectivity index (χ1n) is 5.54. The fourth-order valence-corrected chi connectivity index (χ4v) is 2.92. The van der Waals surface area contributed by atoms with E-state index < -0.39 is 0 Å². The van der Waals surface area contributed by atoms with Gasteiger partial charge < -0.3 is 4.90 Å². The lowest BCUT2D eigenvalue weighted by molar-refractivity contribution is -0.00979. The van der Waals surface area contributed by atoms with E-state index in [0.717, 1.165) is 12.4 Å². The number of halogens is 2. The molecule has 1 rings (SSSR count). The predicted molar refractivity (Wildman–Crippen MR) is 66.7 cm³/mol. The van der Waals surface area contributed by atoms with E-state index >= 15 is 0 Å². The largest absolute Gasteiger partial charge is 0.301 e. The molecule has 1 saturated heterocycles. The molecule has 0 aromatic rings. The van der Waals surface area contributed by atoms with Gasteiger partial charge in [-0.25, -0.2) is 0 Å². The van der Waals surface area contributed by atoms with Crippen molar-refractivity contribution in [3.05, 3.63) is 0 Å². The molecule has 86 valence electrons. The third kappa shape index (κ3) is 3.60. The Morgan fingerprint density at radius 1 is 1.14 bits per heavy atom. The second kappa shape index (κ2) is 6.92. The van der Waals surface area contributed by atoms with Crippen molar-refractivity contribution in [2.24, 2.45) is 5.41 Å². The molecule has 0 spiro atoms. The van der Waals surface area contributed by atoms with E-state index in [2.05, 4.69) is 18.7 Å². The van der Waals surface area contributed by atoms with Crippen LogP contribution in [-0.2, 0) is 0 Å². The highest BCUT2D eigenvalue weighted by Gasteiger charge is 2.40. The molecule has 0 aromatic carbocycles. The van der Waals surface area contributed by atoms with Crippen LogP contribution in [0, 0.1) is 5.41 Å². The van der Waals surface area contributed by atoms with Gasteiger partial charge in [0.05, 0.1) is 0 Å². The molecular weight excluding hydrogens is 217 g/mol. The molecule has 0 amide bonds. The Hall–Kier alpha value is 0.540. The molecule has 0 radical (unpaired) electrons. The van der Waals surface area contributed by atoms with Crippen LogP contribution >= 0.6 is 24.0 Å². The van der Waals surface area contributed by atoms with Crippen molar-refractivity contribution in [3.63, 3.8) is 0 Å². The minimum absolute atomic E-state index is 0. The van der Waals surface area contributed by atoms with E-state index in [4.69, 9.17) is 11.6 Å². The van der Waals surface area contributed by atoms with Crippen LogP contribution in [0.1, 0.15) is 39.5 Å². The lowest BCUT2D eigenvalue weighted by atomic mass is 9.73. The van der Waals surface area contributed by atoms with Gasteiger partial charge in [0.1, 0.15) is 0 Å². The van der Waals surface area contributed by atoms with Crippen LogP contribution in [0.3, 0.4) is 0 Å². The van der Waals surface area contributed by atoms with E-state index in [1.165, 1.54) is 38.8 Å².